The predicted molar refractivity (Wildman–Crippen MR) is 59.0 cm³/mol. The van der Waals surface area contributed by atoms with Crippen molar-refractivity contribution in [2.24, 2.45) is 16.8 Å². The number of hydrogen-bond acceptors (Lipinski definition) is 1. The molecule has 1 nitrogen and oxygen atoms in total. The van der Waals surface area contributed by atoms with Crippen molar-refractivity contribution < 1.29 is 0 Å². The van der Waals surface area contributed by atoms with E-state index in [1.165, 1.54) is 6.42 Å². The minimum absolute atomic E-state index is 0.788. The number of allylic oxidation sites excluding steroid dienone is 2. The minimum atomic E-state index is 0.788. The molecule has 13 heavy (non-hydrogen) atoms. The number of rotatable bonds is 5. The molecule has 0 heterocycles. The standard InChI is InChI=1S/C12H19N/c1-4-6-12(5-2)13-8-7-11-9-10(11)3/h5,7-8,10-11H,2,4,6,9H2,1,3H3/b8-7+,13-12-. The fourth-order valence-corrected chi connectivity index (χ4v) is 1.34. The molecule has 0 radical (unpaired) electrons. The summed E-state index contributed by atoms with van der Waals surface area (Å²) in [6.45, 7) is 8.18. The summed E-state index contributed by atoms with van der Waals surface area (Å²) < 4.78 is 0. The Morgan fingerprint density at radius 3 is 2.77 bits per heavy atom. The first-order valence-electron chi connectivity index (χ1n) is 5.13. The van der Waals surface area contributed by atoms with Crippen LogP contribution in [0.4, 0.5) is 0 Å². The van der Waals surface area contributed by atoms with Gasteiger partial charge in [0.15, 0.2) is 0 Å². The summed E-state index contributed by atoms with van der Waals surface area (Å²) in [5, 5.41) is 0. The summed E-state index contributed by atoms with van der Waals surface area (Å²) in [7, 11) is 0. The Labute approximate surface area is 81.3 Å². The molecule has 1 rings (SSSR count). The molecule has 1 aliphatic rings. The summed E-state index contributed by atoms with van der Waals surface area (Å²) >= 11 is 0. The van der Waals surface area contributed by atoms with E-state index in [0.717, 1.165) is 30.4 Å². The van der Waals surface area contributed by atoms with E-state index in [0.29, 0.717) is 0 Å². The topological polar surface area (TPSA) is 12.4 Å². The van der Waals surface area contributed by atoms with Gasteiger partial charge in [0.25, 0.3) is 0 Å². The zero-order valence-corrected chi connectivity index (χ0v) is 8.66. The molecule has 0 aromatic rings. The molecule has 0 aromatic carbocycles. The Morgan fingerprint density at radius 2 is 2.31 bits per heavy atom. The molecule has 0 N–H and O–H groups in total. The Balaban J connectivity index is 2.34. The van der Waals surface area contributed by atoms with Crippen molar-refractivity contribution in [2.45, 2.75) is 33.1 Å². The Morgan fingerprint density at radius 1 is 1.62 bits per heavy atom. The van der Waals surface area contributed by atoms with Crippen LogP contribution in [0.25, 0.3) is 0 Å². The zero-order valence-electron chi connectivity index (χ0n) is 8.66. The largest absolute Gasteiger partial charge is 0.262 e. The summed E-state index contributed by atoms with van der Waals surface area (Å²) in [6.07, 6.45) is 9.52. The fraction of sp³-hybridized carbons (Fsp3) is 0.583. The average Bonchev–Trinajstić information content (AvgIpc) is 2.81. The molecule has 0 saturated heterocycles. The molecular weight excluding hydrogens is 158 g/mol. The van der Waals surface area contributed by atoms with Crippen molar-refractivity contribution in [1.82, 2.24) is 0 Å². The molecule has 2 atom stereocenters. The van der Waals surface area contributed by atoms with Gasteiger partial charge in [-0.3, -0.25) is 4.99 Å². The van der Waals surface area contributed by atoms with Gasteiger partial charge in [-0.05, 0) is 30.8 Å². The summed E-state index contributed by atoms with van der Waals surface area (Å²) in [4.78, 5) is 4.36. The number of aliphatic imine (C=N–C) groups is 1. The Bertz CT molecular complexity index is 225. The molecule has 1 aliphatic carbocycles. The highest BCUT2D eigenvalue weighted by Gasteiger charge is 2.29. The summed E-state index contributed by atoms with van der Waals surface area (Å²) in [6, 6.07) is 0. The van der Waals surface area contributed by atoms with Crippen LogP contribution in [-0.2, 0) is 0 Å². The van der Waals surface area contributed by atoms with Gasteiger partial charge >= 0.3 is 0 Å². The maximum absolute atomic E-state index is 4.36. The first-order chi connectivity index (χ1) is 6.27. The SMILES string of the molecule is C=C/C(CCC)=N/C=C/C1CC1C. The van der Waals surface area contributed by atoms with E-state index in [1.54, 1.807) is 0 Å². The lowest BCUT2D eigenvalue weighted by Crippen LogP contribution is -1.89. The van der Waals surface area contributed by atoms with Gasteiger partial charge in [0.05, 0.1) is 0 Å². The van der Waals surface area contributed by atoms with E-state index in [9.17, 15) is 0 Å². The van der Waals surface area contributed by atoms with Gasteiger partial charge in [0.1, 0.15) is 0 Å². The zero-order chi connectivity index (χ0) is 9.68. The van der Waals surface area contributed by atoms with Crippen LogP contribution in [0.3, 0.4) is 0 Å². The lowest BCUT2D eigenvalue weighted by Gasteiger charge is -1.93. The molecule has 72 valence electrons. The molecule has 1 heteroatoms. The van der Waals surface area contributed by atoms with Gasteiger partial charge in [-0.25, -0.2) is 0 Å². The fourth-order valence-electron chi connectivity index (χ4n) is 1.34. The van der Waals surface area contributed by atoms with Gasteiger partial charge in [-0.15, -0.1) is 0 Å². The number of hydrogen-bond donors (Lipinski definition) is 0. The van der Waals surface area contributed by atoms with Crippen molar-refractivity contribution in [1.29, 1.82) is 0 Å². The maximum Gasteiger partial charge on any atom is 0.0397 e. The van der Waals surface area contributed by atoms with E-state index < -0.39 is 0 Å². The van der Waals surface area contributed by atoms with Crippen molar-refractivity contribution >= 4 is 5.71 Å². The Kier molecular flexibility index (Phi) is 3.94. The van der Waals surface area contributed by atoms with Gasteiger partial charge in [0, 0.05) is 11.9 Å². The molecule has 0 aromatic heterocycles. The van der Waals surface area contributed by atoms with E-state index >= 15 is 0 Å². The average molecular weight is 177 g/mol. The number of nitrogens with zero attached hydrogens (tertiary/aromatic N) is 1. The van der Waals surface area contributed by atoms with Crippen LogP contribution in [0.1, 0.15) is 33.1 Å². The van der Waals surface area contributed by atoms with E-state index in [2.05, 4.69) is 31.5 Å². The molecule has 1 fully saturated rings. The van der Waals surface area contributed by atoms with Gasteiger partial charge in [-0.2, -0.15) is 0 Å². The first-order valence-corrected chi connectivity index (χ1v) is 5.13. The molecule has 1 saturated carbocycles. The quantitative estimate of drug-likeness (QED) is 0.569. The third-order valence-corrected chi connectivity index (χ3v) is 2.49. The van der Waals surface area contributed by atoms with E-state index in [-0.39, 0.29) is 0 Å². The van der Waals surface area contributed by atoms with Crippen LogP contribution < -0.4 is 0 Å². The van der Waals surface area contributed by atoms with Crippen molar-refractivity contribution in [3.63, 3.8) is 0 Å². The second kappa shape index (κ2) is 5.00. The summed E-state index contributed by atoms with van der Waals surface area (Å²) in [5.41, 5.74) is 1.10. The van der Waals surface area contributed by atoms with Crippen LogP contribution in [0.2, 0.25) is 0 Å². The van der Waals surface area contributed by atoms with Gasteiger partial charge < -0.3 is 0 Å². The molecule has 0 bridgehead atoms. The smallest absolute Gasteiger partial charge is 0.0397 e. The molecular formula is C12H19N. The normalized spacial score (nSPS) is 28.0. The predicted octanol–water partition coefficient (Wildman–Crippen LogP) is 3.58. The Hall–Kier alpha value is -0.850. The van der Waals surface area contributed by atoms with Crippen LogP contribution in [0.15, 0.2) is 29.9 Å². The highest BCUT2D eigenvalue weighted by molar-refractivity contribution is 5.94. The molecule has 0 spiro atoms. The lowest BCUT2D eigenvalue weighted by molar-refractivity contribution is 0.897. The van der Waals surface area contributed by atoms with Crippen LogP contribution in [0, 0.1) is 11.8 Å². The van der Waals surface area contributed by atoms with Crippen LogP contribution in [0.5, 0.6) is 0 Å². The monoisotopic (exact) mass is 177 g/mol. The summed E-state index contributed by atoms with van der Waals surface area (Å²) in [5.74, 6) is 1.67. The minimum Gasteiger partial charge on any atom is -0.262 e. The third-order valence-electron chi connectivity index (χ3n) is 2.49. The molecule has 0 amide bonds. The van der Waals surface area contributed by atoms with E-state index in [1.807, 2.05) is 12.3 Å². The van der Waals surface area contributed by atoms with E-state index in [4.69, 9.17) is 0 Å². The first kappa shape index (κ1) is 10.2. The highest BCUT2D eigenvalue weighted by Crippen LogP contribution is 2.38. The van der Waals surface area contributed by atoms with Gasteiger partial charge in [0.2, 0.25) is 0 Å². The van der Waals surface area contributed by atoms with Crippen molar-refractivity contribution in [3.8, 4) is 0 Å². The molecule has 2 unspecified atom stereocenters. The second-order valence-electron chi connectivity index (χ2n) is 3.79. The highest BCUT2D eigenvalue weighted by atomic mass is 14.7. The molecule has 0 aliphatic heterocycles. The second-order valence-corrected chi connectivity index (χ2v) is 3.79. The van der Waals surface area contributed by atoms with Crippen molar-refractivity contribution in [3.05, 3.63) is 24.9 Å². The van der Waals surface area contributed by atoms with Crippen molar-refractivity contribution in [2.75, 3.05) is 0 Å². The lowest BCUT2D eigenvalue weighted by atomic mass is 10.2. The maximum atomic E-state index is 4.36. The third kappa shape index (κ3) is 3.58. The van der Waals surface area contributed by atoms with Crippen LogP contribution >= 0.6 is 0 Å². The van der Waals surface area contributed by atoms with Gasteiger partial charge in [-0.1, -0.05) is 32.9 Å². The van der Waals surface area contributed by atoms with Crippen LogP contribution in [-0.4, -0.2) is 5.71 Å².